The first-order valence-corrected chi connectivity index (χ1v) is 12.2. The number of pyridine rings is 1. The van der Waals surface area contributed by atoms with Crippen molar-refractivity contribution in [2.24, 2.45) is 0 Å². The number of benzene rings is 1. The normalized spacial score (nSPS) is 16.4. The topological polar surface area (TPSA) is 124 Å². The average Bonchev–Trinajstić information content (AvgIpc) is 3.41. The van der Waals surface area contributed by atoms with Gasteiger partial charge in [0.05, 0.1) is 42.7 Å². The Labute approximate surface area is 213 Å². The molecule has 2 N–H and O–H groups in total. The van der Waals surface area contributed by atoms with Gasteiger partial charge in [-0.2, -0.15) is 0 Å². The molecule has 0 aliphatic carbocycles. The van der Waals surface area contributed by atoms with E-state index in [0.717, 1.165) is 12.8 Å². The summed E-state index contributed by atoms with van der Waals surface area (Å²) in [6.45, 7) is 5.38. The minimum atomic E-state index is -0.494. The maximum absolute atomic E-state index is 14.3. The zero-order chi connectivity index (χ0) is 25.8. The molecule has 4 heterocycles. The van der Waals surface area contributed by atoms with Gasteiger partial charge in [0.15, 0.2) is 5.69 Å². The van der Waals surface area contributed by atoms with Crippen LogP contribution in [-0.4, -0.2) is 77.4 Å². The van der Waals surface area contributed by atoms with Crippen molar-refractivity contribution >= 4 is 23.2 Å². The van der Waals surface area contributed by atoms with Gasteiger partial charge in [0, 0.05) is 43.6 Å². The van der Waals surface area contributed by atoms with Gasteiger partial charge in [-0.3, -0.25) is 14.6 Å². The lowest BCUT2D eigenvalue weighted by molar-refractivity contribution is 0.0694. The van der Waals surface area contributed by atoms with Crippen molar-refractivity contribution in [3.8, 4) is 5.69 Å². The van der Waals surface area contributed by atoms with Crippen molar-refractivity contribution in [3.63, 3.8) is 0 Å². The Morgan fingerprint density at radius 3 is 2.57 bits per heavy atom. The number of halogens is 1. The number of morpholine rings is 1. The predicted octanol–water partition coefficient (Wildman–Crippen LogP) is 2.11. The fourth-order valence-corrected chi connectivity index (χ4v) is 4.32. The molecule has 0 spiro atoms. The highest BCUT2D eigenvalue weighted by atomic mass is 19.1. The molecule has 12 heteroatoms. The fraction of sp³-hybridized carbons (Fsp3) is 0.400. The smallest absolute Gasteiger partial charge is 0.273 e. The largest absolute Gasteiger partial charge is 0.381 e. The standard InChI is InChI=1S/C25H28FN7O4/c1-16-23(33-15-22(30-31-33)25(35)28-19-2-6-36-7-3-19)13-20(14-27-16)29-24(34)17-10-18(26)12-21(11-17)32-4-8-37-9-5-32/h10-15,19H,2-9H2,1H3,(H,28,35)(H,29,34). The molecule has 2 aliphatic rings. The predicted molar refractivity (Wildman–Crippen MR) is 133 cm³/mol. The zero-order valence-corrected chi connectivity index (χ0v) is 20.4. The number of nitrogens with one attached hydrogen (secondary N) is 2. The van der Waals surface area contributed by atoms with Gasteiger partial charge >= 0.3 is 0 Å². The molecule has 3 aromatic rings. The van der Waals surface area contributed by atoms with E-state index in [4.69, 9.17) is 9.47 Å². The second-order valence-electron chi connectivity index (χ2n) is 8.99. The Balaban J connectivity index is 1.30. The van der Waals surface area contributed by atoms with Gasteiger partial charge in [0.25, 0.3) is 11.8 Å². The Bertz CT molecular complexity index is 1290. The monoisotopic (exact) mass is 509 g/mol. The SMILES string of the molecule is Cc1ncc(NC(=O)c2cc(F)cc(N3CCOCC3)c2)cc1-n1cc(C(=O)NC2CCOCC2)nn1. The number of amides is 2. The molecule has 2 amide bonds. The van der Waals surface area contributed by atoms with Crippen LogP contribution >= 0.6 is 0 Å². The van der Waals surface area contributed by atoms with Gasteiger partial charge in [0.1, 0.15) is 5.82 Å². The van der Waals surface area contributed by atoms with E-state index in [1.54, 1.807) is 19.1 Å². The number of aromatic nitrogens is 4. The number of anilines is 2. The first-order chi connectivity index (χ1) is 18.0. The number of aryl methyl sites for hydroxylation is 1. The van der Waals surface area contributed by atoms with Gasteiger partial charge in [-0.15, -0.1) is 5.10 Å². The van der Waals surface area contributed by atoms with Crippen LogP contribution in [0.5, 0.6) is 0 Å². The molecule has 11 nitrogen and oxygen atoms in total. The third-order valence-electron chi connectivity index (χ3n) is 6.37. The first-order valence-electron chi connectivity index (χ1n) is 12.2. The number of carbonyl (C=O) groups is 2. The molecule has 2 aromatic heterocycles. The van der Waals surface area contributed by atoms with E-state index in [1.165, 1.54) is 29.2 Å². The number of rotatable bonds is 6. The summed E-state index contributed by atoms with van der Waals surface area (Å²) in [4.78, 5) is 31.9. The van der Waals surface area contributed by atoms with Gasteiger partial charge in [-0.25, -0.2) is 9.07 Å². The minimum Gasteiger partial charge on any atom is -0.381 e. The molecule has 2 fully saturated rings. The van der Waals surface area contributed by atoms with Crippen molar-refractivity contribution in [1.29, 1.82) is 0 Å². The molecular weight excluding hydrogens is 481 g/mol. The van der Waals surface area contributed by atoms with Crippen LogP contribution in [0.15, 0.2) is 36.7 Å². The summed E-state index contributed by atoms with van der Waals surface area (Å²) in [6.07, 6.45) is 4.54. The maximum Gasteiger partial charge on any atom is 0.273 e. The highest BCUT2D eigenvalue weighted by molar-refractivity contribution is 6.05. The lowest BCUT2D eigenvalue weighted by Gasteiger charge is -2.29. The Morgan fingerprint density at radius 2 is 1.78 bits per heavy atom. The number of nitrogens with zero attached hydrogens (tertiary/aromatic N) is 5. The van der Waals surface area contributed by atoms with Crippen molar-refractivity contribution < 1.29 is 23.5 Å². The van der Waals surface area contributed by atoms with Crippen molar-refractivity contribution in [1.82, 2.24) is 25.3 Å². The van der Waals surface area contributed by atoms with Crippen LogP contribution in [0.3, 0.4) is 0 Å². The summed E-state index contributed by atoms with van der Waals surface area (Å²) in [5, 5.41) is 13.8. The van der Waals surface area contributed by atoms with E-state index in [2.05, 4.69) is 25.9 Å². The zero-order valence-electron chi connectivity index (χ0n) is 20.4. The summed E-state index contributed by atoms with van der Waals surface area (Å²) < 4.78 is 26.4. The fourth-order valence-electron chi connectivity index (χ4n) is 4.32. The maximum atomic E-state index is 14.3. The highest BCUT2D eigenvalue weighted by Gasteiger charge is 2.20. The van der Waals surface area contributed by atoms with Gasteiger partial charge < -0.3 is 25.0 Å². The summed E-state index contributed by atoms with van der Waals surface area (Å²) in [5.41, 5.74) is 2.56. The lowest BCUT2D eigenvalue weighted by atomic mass is 10.1. The van der Waals surface area contributed by atoms with E-state index < -0.39 is 11.7 Å². The molecule has 37 heavy (non-hydrogen) atoms. The number of ether oxygens (including phenoxy) is 2. The second-order valence-corrected chi connectivity index (χ2v) is 8.99. The summed E-state index contributed by atoms with van der Waals surface area (Å²) in [7, 11) is 0. The van der Waals surface area contributed by atoms with Crippen molar-refractivity contribution in [3.05, 3.63) is 59.4 Å². The molecule has 0 radical (unpaired) electrons. The van der Waals surface area contributed by atoms with Crippen molar-refractivity contribution in [2.75, 3.05) is 49.7 Å². The first kappa shape index (κ1) is 24.8. The molecular formula is C25H28FN7O4. The molecule has 0 unspecified atom stereocenters. The van der Waals surface area contributed by atoms with E-state index in [9.17, 15) is 14.0 Å². The van der Waals surface area contributed by atoms with Crippen LogP contribution in [0.1, 0.15) is 39.4 Å². The quantitative estimate of drug-likeness (QED) is 0.518. The van der Waals surface area contributed by atoms with Crippen molar-refractivity contribution in [2.45, 2.75) is 25.8 Å². The number of hydrogen-bond donors (Lipinski definition) is 2. The summed E-state index contributed by atoms with van der Waals surface area (Å²) in [5.74, 6) is -1.28. The van der Waals surface area contributed by atoms with Crippen LogP contribution < -0.4 is 15.5 Å². The van der Waals surface area contributed by atoms with Gasteiger partial charge in [0.2, 0.25) is 0 Å². The number of carbonyl (C=O) groups excluding carboxylic acids is 2. The molecule has 0 atom stereocenters. The third kappa shape index (κ3) is 5.92. The van der Waals surface area contributed by atoms with Crippen LogP contribution in [0, 0.1) is 12.7 Å². The molecule has 0 saturated carbocycles. The van der Waals surface area contributed by atoms with E-state index in [-0.39, 0.29) is 23.2 Å². The molecule has 2 aliphatic heterocycles. The Morgan fingerprint density at radius 1 is 1.03 bits per heavy atom. The summed E-state index contributed by atoms with van der Waals surface area (Å²) >= 11 is 0. The Kier molecular flexibility index (Phi) is 7.37. The van der Waals surface area contributed by atoms with Crippen LogP contribution in [0.2, 0.25) is 0 Å². The second kappa shape index (κ2) is 11.0. The summed E-state index contributed by atoms with van der Waals surface area (Å²) in [6, 6.07) is 5.99. The minimum absolute atomic E-state index is 0.0416. The molecule has 2 saturated heterocycles. The van der Waals surface area contributed by atoms with E-state index in [0.29, 0.717) is 62.3 Å². The van der Waals surface area contributed by atoms with Gasteiger partial charge in [-0.05, 0) is 44.0 Å². The van der Waals surface area contributed by atoms with Crippen LogP contribution in [0.4, 0.5) is 15.8 Å². The third-order valence-corrected chi connectivity index (χ3v) is 6.37. The molecule has 1 aromatic carbocycles. The Hall–Kier alpha value is -3.90. The van der Waals surface area contributed by atoms with Crippen LogP contribution in [0.25, 0.3) is 5.69 Å². The highest BCUT2D eigenvalue weighted by Crippen LogP contribution is 2.22. The van der Waals surface area contributed by atoms with Crippen LogP contribution in [-0.2, 0) is 9.47 Å². The average molecular weight is 510 g/mol. The number of hydrogen-bond acceptors (Lipinski definition) is 8. The van der Waals surface area contributed by atoms with E-state index in [1.807, 2.05) is 4.90 Å². The lowest BCUT2D eigenvalue weighted by Crippen LogP contribution is -2.39. The van der Waals surface area contributed by atoms with Gasteiger partial charge in [-0.1, -0.05) is 5.21 Å². The molecule has 5 rings (SSSR count). The molecule has 0 bridgehead atoms. The van der Waals surface area contributed by atoms with E-state index >= 15 is 0 Å². The molecule has 194 valence electrons.